The van der Waals surface area contributed by atoms with Gasteiger partial charge in [-0.25, -0.2) is 14.5 Å². The molecule has 0 atom stereocenters. The average molecular weight is 444 g/mol. The smallest absolute Gasteiger partial charge is 0.338 e. The fraction of sp³-hybridized carbons (Fsp3) is 0.200. The van der Waals surface area contributed by atoms with Gasteiger partial charge in [0.2, 0.25) is 0 Å². The summed E-state index contributed by atoms with van der Waals surface area (Å²) in [5.74, 6) is -0.0149. The predicted octanol–water partition coefficient (Wildman–Crippen LogP) is 3.30. The lowest BCUT2D eigenvalue weighted by Gasteiger charge is -2.17. The Morgan fingerprint density at radius 2 is 1.70 bits per heavy atom. The zero-order chi connectivity index (χ0) is 23.2. The Morgan fingerprint density at radius 3 is 2.42 bits per heavy atom. The van der Waals surface area contributed by atoms with Crippen molar-refractivity contribution < 1.29 is 19.1 Å². The zero-order valence-electron chi connectivity index (χ0n) is 18.5. The minimum absolute atomic E-state index is 0.277. The fourth-order valence-corrected chi connectivity index (χ4v) is 3.43. The van der Waals surface area contributed by atoms with Gasteiger partial charge in [0.15, 0.2) is 6.61 Å². The lowest BCUT2D eigenvalue weighted by Crippen LogP contribution is -2.30. The summed E-state index contributed by atoms with van der Waals surface area (Å²) in [7, 11) is 3.33. The first-order valence-electron chi connectivity index (χ1n) is 10.4. The Balaban J connectivity index is 1.29. The van der Waals surface area contributed by atoms with Gasteiger partial charge >= 0.3 is 5.97 Å². The number of amides is 1. The number of likely N-dealkylation sites (N-methyl/N-ethyl adjacent to an activating group) is 1. The van der Waals surface area contributed by atoms with Gasteiger partial charge in [0.05, 0.1) is 19.2 Å². The van der Waals surface area contributed by atoms with Crippen molar-refractivity contribution in [1.82, 2.24) is 19.7 Å². The molecule has 33 heavy (non-hydrogen) atoms. The molecule has 0 saturated heterocycles. The van der Waals surface area contributed by atoms with Crippen LogP contribution in [0.5, 0.6) is 5.75 Å². The normalized spacial score (nSPS) is 10.7. The standard InChI is InChI=1S/C25H24N4O4/c1-28(13-19-5-8-22-12-23(32-2)10-9-21(22)11-19)24(30)15-33-25(31)20-6-3-18(4-7-20)14-29-17-26-16-27-29/h3-12,16-17H,13-15H2,1-2H3. The Kier molecular flexibility index (Phi) is 6.64. The molecule has 1 amide bonds. The van der Waals surface area contributed by atoms with E-state index >= 15 is 0 Å². The van der Waals surface area contributed by atoms with E-state index in [1.807, 2.05) is 48.5 Å². The van der Waals surface area contributed by atoms with E-state index in [-0.39, 0.29) is 12.5 Å². The third kappa shape index (κ3) is 5.54. The molecule has 0 aliphatic carbocycles. The number of hydrogen-bond acceptors (Lipinski definition) is 6. The first kappa shape index (κ1) is 22.0. The second-order valence-corrected chi connectivity index (χ2v) is 7.66. The second kappa shape index (κ2) is 9.95. The van der Waals surface area contributed by atoms with E-state index in [0.717, 1.165) is 27.6 Å². The van der Waals surface area contributed by atoms with Crippen LogP contribution in [0, 0.1) is 0 Å². The molecule has 0 fully saturated rings. The van der Waals surface area contributed by atoms with Crippen LogP contribution in [0.1, 0.15) is 21.5 Å². The summed E-state index contributed by atoms with van der Waals surface area (Å²) in [6.45, 7) is 0.650. The van der Waals surface area contributed by atoms with E-state index < -0.39 is 5.97 Å². The molecule has 168 valence electrons. The molecule has 0 unspecified atom stereocenters. The number of carbonyl (C=O) groups is 2. The molecule has 0 radical (unpaired) electrons. The van der Waals surface area contributed by atoms with Gasteiger partial charge in [-0.1, -0.05) is 30.3 Å². The van der Waals surface area contributed by atoms with Gasteiger partial charge in [-0.15, -0.1) is 0 Å². The summed E-state index contributed by atoms with van der Waals surface area (Å²) in [6, 6.07) is 18.8. The van der Waals surface area contributed by atoms with E-state index in [1.165, 1.54) is 6.33 Å². The second-order valence-electron chi connectivity index (χ2n) is 7.66. The van der Waals surface area contributed by atoms with E-state index in [9.17, 15) is 9.59 Å². The fourth-order valence-electron chi connectivity index (χ4n) is 3.43. The third-order valence-corrected chi connectivity index (χ3v) is 5.28. The number of nitrogens with zero attached hydrogens (tertiary/aromatic N) is 4. The van der Waals surface area contributed by atoms with Crippen molar-refractivity contribution in [1.29, 1.82) is 0 Å². The number of esters is 1. The maximum Gasteiger partial charge on any atom is 0.338 e. The largest absolute Gasteiger partial charge is 0.497 e. The SMILES string of the molecule is COc1ccc2cc(CN(C)C(=O)COC(=O)c3ccc(Cn4cncn4)cc3)ccc2c1. The van der Waals surface area contributed by atoms with Crippen LogP contribution in [-0.2, 0) is 22.6 Å². The van der Waals surface area contributed by atoms with Gasteiger partial charge in [-0.2, -0.15) is 5.10 Å². The number of hydrogen-bond donors (Lipinski definition) is 0. The molecule has 0 bridgehead atoms. The van der Waals surface area contributed by atoms with E-state index in [4.69, 9.17) is 9.47 Å². The van der Waals surface area contributed by atoms with Crippen molar-refractivity contribution in [2.24, 2.45) is 0 Å². The summed E-state index contributed by atoms with van der Waals surface area (Å²) >= 11 is 0. The predicted molar refractivity (Wildman–Crippen MR) is 123 cm³/mol. The van der Waals surface area contributed by atoms with Gasteiger partial charge in [-0.05, 0) is 52.2 Å². The zero-order valence-corrected chi connectivity index (χ0v) is 18.5. The summed E-state index contributed by atoms with van der Waals surface area (Å²) < 4.78 is 12.2. The molecule has 0 saturated carbocycles. The van der Waals surface area contributed by atoms with E-state index in [1.54, 1.807) is 42.2 Å². The maximum absolute atomic E-state index is 12.5. The van der Waals surface area contributed by atoms with Crippen LogP contribution in [0.15, 0.2) is 73.3 Å². The molecule has 1 aromatic heterocycles. The number of fused-ring (bicyclic) bond motifs is 1. The molecule has 0 aliphatic heterocycles. The highest BCUT2D eigenvalue weighted by Crippen LogP contribution is 2.22. The van der Waals surface area contributed by atoms with E-state index in [2.05, 4.69) is 10.1 Å². The summed E-state index contributed by atoms with van der Waals surface area (Å²) in [5, 5.41) is 6.18. The van der Waals surface area contributed by atoms with Crippen LogP contribution >= 0.6 is 0 Å². The number of aromatic nitrogens is 3. The van der Waals surface area contributed by atoms with Crippen LogP contribution in [0.4, 0.5) is 0 Å². The molecular formula is C25H24N4O4. The van der Waals surface area contributed by atoms with Crippen molar-refractivity contribution in [3.8, 4) is 5.75 Å². The van der Waals surface area contributed by atoms with E-state index in [0.29, 0.717) is 18.7 Å². The molecule has 0 spiro atoms. The number of rotatable bonds is 8. The summed E-state index contributed by atoms with van der Waals surface area (Å²) in [4.78, 5) is 30.2. The number of methoxy groups -OCH3 is 1. The lowest BCUT2D eigenvalue weighted by molar-refractivity contribution is -0.133. The minimum atomic E-state index is -0.538. The van der Waals surface area contributed by atoms with Crippen molar-refractivity contribution in [2.75, 3.05) is 20.8 Å². The third-order valence-electron chi connectivity index (χ3n) is 5.28. The highest BCUT2D eigenvalue weighted by atomic mass is 16.5. The van der Waals surface area contributed by atoms with Gasteiger partial charge in [0.25, 0.3) is 5.91 Å². The minimum Gasteiger partial charge on any atom is -0.497 e. The Hall–Kier alpha value is -4.20. The lowest BCUT2D eigenvalue weighted by atomic mass is 10.1. The van der Waals surface area contributed by atoms with Crippen LogP contribution < -0.4 is 4.74 Å². The Bertz CT molecular complexity index is 1250. The topological polar surface area (TPSA) is 86.5 Å². The van der Waals surface area contributed by atoms with Gasteiger partial charge in [-0.3, -0.25) is 4.79 Å². The van der Waals surface area contributed by atoms with Gasteiger partial charge < -0.3 is 14.4 Å². The molecule has 3 aromatic carbocycles. The van der Waals surface area contributed by atoms with Crippen LogP contribution in [0.3, 0.4) is 0 Å². The monoisotopic (exact) mass is 444 g/mol. The van der Waals surface area contributed by atoms with Crippen LogP contribution in [0.25, 0.3) is 10.8 Å². The molecular weight excluding hydrogens is 420 g/mol. The highest BCUT2D eigenvalue weighted by Gasteiger charge is 2.14. The first-order chi connectivity index (χ1) is 16.0. The number of carbonyl (C=O) groups excluding carboxylic acids is 2. The Morgan fingerprint density at radius 1 is 0.970 bits per heavy atom. The van der Waals surface area contributed by atoms with Gasteiger partial charge in [0, 0.05) is 13.6 Å². The van der Waals surface area contributed by atoms with Crippen LogP contribution in [0.2, 0.25) is 0 Å². The molecule has 4 aromatic rings. The van der Waals surface area contributed by atoms with Crippen LogP contribution in [-0.4, -0.2) is 52.3 Å². The van der Waals surface area contributed by atoms with Crippen molar-refractivity contribution in [3.05, 3.63) is 90.0 Å². The molecule has 8 nitrogen and oxygen atoms in total. The number of ether oxygens (including phenoxy) is 2. The quantitative estimate of drug-likeness (QED) is 0.388. The average Bonchev–Trinajstić information content (AvgIpc) is 3.35. The van der Waals surface area contributed by atoms with Crippen molar-refractivity contribution in [3.63, 3.8) is 0 Å². The maximum atomic E-state index is 12.5. The van der Waals surface area contributed by atoms with Crippen molar-refractivity contribution in [2.45, 2.75) is 13.1 Å². The first-order valence-corrected chi connectivity index (χ1v) is 10.4. The van der Waals surface area contributed by atoms with Gasteiger partial charge in [0.1, 0.15) is 18.4 Å². The summed E-state index contributed by atoms with van der Waals surface area (Å²) in [5.41, 5.74) is 2.34. The molecule has 4 rings (SSSR count). The number of benzene rings is 3. The molecule has 0 aliphatic rings. The molecule has 1 heterocycles. The summed E-state index contributed by atoms with van der Waals surface area (Å²) in [6.07, 6.45) is 3.09. The molecule has 8 heteroatoms. The molecule has 0 N–H and O–H groups in total. The van der Waals surface area contributed by atoms with Crippen molar-refractivity contribution >= 4 is 22.6 Å². The highest BCUT2D eigenvalue weighted by molar-refractivity contribution is 5.91. The Labute approximate surface area is 191 Å².